The van der Waals surface area contributed by atoms with Gasteiger partial charge in [-0.05, 0) is 61.7 Å². The van der Waals surface area contributed by atoms with Crippen molar-refractivity contribution in [3.63, 3.8) is 0 Å². The molecule has 1 aliphatic rings. The van der Waals surface area contributed by atoms with Gasteiger partial charge in [-0.2, -0.15) is 0 Å². The number of carbonyl (C=O) groups excluding carboxylic acids is 2. The number of nitrogens with zero attached hydrogens (tertiary/aromatic N) is 1. The van der Waals surface area contributed by atoms with Gasteiger partial charge in [0.1, 0.15) is 0 Å². The van der Waals surface area contributed by atoms with Gasteiger partial charge in [-0.25, -0.2) is 4.79 Å². The molecule has 8 heteroatoms. The largest absolute Gasteiger partial charge is 0.383 e. The predicted molar refractivity (Wildman–Crippen MR) is 123 cm³/mol. The summed E-state index contributed by atoms with van der Waals surface area (Å²) in [6, 6.07) is 12.4. The van der Waals surface area contributed by atoms with Gasteiger partial charge in [-0.15, -0.1) is 0 Å². The highest BCUT2D eigenvalue weighted by molar-refractivity contribution is 9.10. The highest BCUT2D eigenvalue weighted by Gasteiger charge is 2.19. The molecular formula is C22H27BrN4O3. The minimum atomic E-state index is -0.367. The average molecular weight is 475 g/mol. The minimum absolute atomic E-state index is 0.176. The Labute approximate surface area is 185 Å². The van der Waals surface area contributed by atoms with Crippen molar-refractivity contribution < 1.29 is 14.3 Å². The summed E-state index contributed by atoms with van der Waals surface area (Å²) in [5.41, 5.74) is 2.68. The van der Waals surface area contributed by atoms with Crippen LogP contribution in [0.25, 0.3) is 0 Å². The number of piperidine rings is 1. The molecular weight excluding hydrogens is 448 g/mol. The fraction of sp³-hybridized carbons (Fsp3) is 0.364. The maximum atomic E-state index is 12.8. The van der Waals surface area contributed by atoms with Gasteiger partial charge >= 0.3 is 6.03 Å². The first-order chi connectivity index (χ1) is 14.6. The molecule has 30 heavy (non-hydrogen) atoms. The molecule has 1 heterocycles. The second kappa shape index (κ2) is 11.0. The number of amides is 3. The third-order valence-corrected chi connectivity index (χ3v) is 5.42. The van der Waals surface area contributed by atoms with Gasteiger partial charge < -0.3 is 25.6 Å². The van der Waals surface area contributed by atoms with E-state index in [0.717, 1.165) is 36.1 Å². The molecule has 160 valence electrons. The summed E-state index contributed by atoms with van der Waals surface area (Å²) in [5, 5.41) is 8.48. The van der Waals surface area contributed by atoms with Gasteiger partial charge in [0.05, 0.1) is 12.2 Å². The van der Waals surface area contributed by atoms with Gasteiger partial charge in [0.15, 0.2) is 0 Å². The van der Waals surface area contributed by atoms with Crippen LogP contribution >= 0.6 is 15.9 Å². The quantitative estimate of drug-likeness (QED) is 0.517. The first kappa shape index (κ1) is 22.1. The van der Waals surface area contributed by atoms with E-state index in [4.69, 9.17) is 4.74 Å². The van der Waals surface area contributed by atoms with Gasteiger partial charge in [0.2, 0.25) is 0 Å². The smallest absolute Gasteiger partial charge is 0.323 e. The van der Waals surface area contributed by atoms with E-state index in [2.05, 4.69) is 36.8 Å². The molecule has 0 atom stereocenters. The average Bonchev–Trinajstić information content (AvgIpc) is 2.76. The first-order valence-corrected chi connectivity index (χ1v) is 10.9. The Morgan fingerprint density at radius 3 is 2.37 bits per heavy atom. The normalized spacial score (nSPS) is 13.6. The number of anilines is 3. The molecule has 0 saturated carbocycles. The lowest BCUT2D eigenvalue weighted by atomic mass is 10.1. The number of hydrogen-bond donors (Lipinski definition) is 3. The zero-order chi connectivity index (χ0) is 21.3. The maximum absolute atomic E-state index is 12.8. The fourth-order valence-corrected chi connectivity index (χ4v) is 3.66. The van der Waals surface area contributed by atoms with E-state index in [9.17, 15) is 9.59 Å². The molecule has 2 aromatic carbocycles. The minimum Gasteiger partial charge on any atom is -0.383 e. The van der Waals surface area contributed by atoms with E-state index < -0.39 is 0 Å². The molecule has 1 aliphatic heterocycles. The lowest BCUT2D eigenvalue weighted by Gasteiger charge is -2.30. The molecule has 1 fully saturated rings. The molecule has 0 bridgehead atoms. The van der Waals surface area contributed by atoms with Crippen LogP contribution in [0.2, 0.25) is 0 Å². The number of urea groups is 1. The topological polar surface area (TPSA) is 82.7 Å². The molecule has 1 saturated heterocycles. The third kappa shape index (κ3) is 6.21. The summed E-state index contributed by atoms with van der Waals surface area (Å²) in [4.78, 5) is 27.4. The summed E-state index contributed by atoms with van der Waals surface area (Å²) in [6.07, 6.45) is 3.43. The van der Waals surface area contributed by atoms with Crippen molar-refractivity contribution in [2.75, 3.05) is 48.9 Å². The number of benzene rings is 2. The first-order valence-electron chi connectivity index (χ1n) is 10.1. The molecule has 0 spiro atoms. The van der Waals surface area contributed by atoms with Crippen LogP contribution in [0.15, 0.2) is 46.9 Å². The maximum Gasteiger partial charge on any atom is 0.323 e. The van der Waals surface area contributed by atoms with E-state index in [0.29, 0.717) is 30.1 Å². The number of methoxy groups -OCH3 is 1. The van der Waals surface area contributed by atoms with Crippen molar-refractivity contribution in [1.82, 2.24) is 5.32 Å². The van der Waals surface area contributed by atoms with Crippen molar-refractivity contribution in [2.24, 2.45) is 0 Å². The number of rotatable bonds is 7. The van der Waals surface area contributed by atoms with Crippen LogP contribution in [-0.2, 0) is 4.74 Å². The highest BCUT2D eigenvalue weighted by atomic mass is 79.9. The van der Waals surface area contributed by atoms with E-state index in [-0.39, 0.29) is 11.9 Å². The molecule has 3 N–H and O–H groups in total. The lowest BCUT2D eigenvalue weighted by Crippen LogP contribution is -2.33. The van der Waals surface area contributed by atoms with Crippen molar-refractivity contribution in [2.45, 2.75) is 19.3 Å². The fourth-order valence-electron chi connectivity index (χ4n) is 3.39. The van der Waals surface area contributed by atoms with Gasteiger partial charge in [0.25, 0.3) is 5.91 Å². The van der Waals surface area contributed by atoms with Crippen LogP contribution in [0.4, 0.5) is 21.9 Å². The highest BCUT2D eigenvalue weighted by Crippen LogP contribution is 2.27. The molecule has 7 nitrogen and oxygen atoms in total. The molecule has 0 radical (unpaired) electrons. The Hall–Kier alpha value is -2.58. The van der Waals surface area contributed by atoms with E-state index in [1.807, 2.05) is 24.3 Å². The summed E-state index contributed by atoms with van der Waals surface area (Å²) < 4.78 is 5.96. The zero-order valence-corrected chi connectivity index (χ0v) is 18.6. The molecule has 3 amide bonds. The van der Waals surface area contributed by atoms with Crippen LogP contribution in [0.5, 0.6) is 0 Å². The molecule has 0 unspecified atom stereocenters. The number of nitrogens with one attached hydrogen (secondary N) is 3. The second-order valence-electron chi connectivity index (χ2n) is 7.11. The third-order valence-electron chi connectivity index (χ3n) is 4.89. The van der Waals surface area contributed by atoms with Crippen LogP contribution < -0.4 is 20.9 Å². The van der Waals surface area contributed by atoms with E-state index in [1.165, 1.54) is 6.42 Å². The Morgan fingerprint density at radius 1 is 1.00 bits per heavy atom. The zero-order valence-electron chi connectivity index (χ0n) is 17.0. The van der Waals surface area contributed by atoms with Crippen LogP contribution in [-0.4, -0.2) is 45.3 Å². The molecule has 3 rings (SSSR count). The summed E-state index contributed by atoms with van der Waals surface area (Å²) in [6.45, 7) is 2.72. The van der Waals surface area contributed by atoms with Crippen LogP contribution in [0, 0.1) is 0 Å². The van der Waals surface area contributed by atoms with E-state index >= 15 is 0 Å². The molecule has 0 aliphatic carbocycles. The molecule has 0 aromatic heterocycles. The number of carbonyl (C=O) groups is 2. The van der Waals surface area contributed by atoms with Gasteiger partial charge in [0, 0.05) is 48.3 Å². The van der Waals surface area contributed by atoms with Crippen molar-refractivity contribution in [3.05, 3.63) is 52.5 Å². The summed E-state index contributed by atoms with van der Waals surface area (Å²) in [5.74, 6) is -0.176. The van der Waals surface area contributed by atoms with Crippen LogP contribution in [0.3, 0.4) is 0 Å². The number of hydrogen-bond acceptors (Lipinski definition) is 4. The number of halogens is 1. The monoisotopic (exact) mass is 474 g/mol. The summed E-state index contributed by atoms with van der Waals surface area (Å²) >= 11 is 3.37. The van der Waals surface area contributed by atoms with Gasteiger partial charge in [-0.1, -0.05) is 15.9 Å². The van der Waals surface area contributed by atoms with Crippen molar-refractivity contribution in [3.8, 4) is 0 Å². The standard InChI is InChI=1S/C22H27BrN4O3/c1-30-14-11-24-21(28)19-15-18(9-10-20(19)27-12-3-2-4-13-27)26-22(29)25-17-7-5-16(23)6-8-17/h5-10,15H,2-4,11-14H2,1H3,(H,24,28)(H2,25,26,29). The Kier molecular flexibility index (Phi) is 8.10. The molecule has 2 aromatic rings. The van der Waals surface area contributed by atoms with Crippen LogP contribution in [0.1, 0.15) is 29.6 Å². The Bertz CT molecular complexity index is 867. The van der Waals surface area contributed by atoms with Gasteiger partial charge in [-0.3, -0.25) is 4.79 Å². The Balaban J connectivity index is 1.75. The number of ether oxygens (including phenoxy) is 1. The summed E-state index contributed by atoms with van der Waals surface area (Å²) in [7, 11) is 1.60. The predicted octanol–water partition coefficient (Wildman–Crippen LogP) is 4.46. The second-order valence-corrected chi connectivity index (χ2v) is 8.03. The van der Waals surface area contributed by atoms with Crippen molar-refractivity contribution >= 4 is 44.9 Å². The lowest BCUT2D eigenvalue weighted by molar-refractivity contribution is 0.0937. The Morgan fingerprint density at radius 2 is 1.67 bits per heavy atom. The van der Waals surface area contributed by atoms with Crippen molar-refractivity contribution in [1.29, 1.82) is 0 Å². The SMILES string of the molecule is COCCNC(=O)c1cc(NC(=O)Nc2ccc(Br)cc2)ccc1N1CCCCC1. The van der Waals surface area contributed by atoms with E-state index in [1.54, 1.807) is 25.3 Å².